The molecular weight excluding hydrogens is 350 g/mol. The number of alkyl halides is 2. The summed E-state index contributed by atoms with van der Waals surface area (Å²) >= 11 is 6.08. The molecule has 2 bridgehead atoms. The average Bonchev–Trinajstić information content (AvgIpc) is 2.84. The smallest absolute Gasteiger partial charge is 0.315 e. The zero-order chi connectivity index (χ0) is 17.6. The molecule has 1 N–H and O–H groups in total. The van der Waals surface area contributed by atoms with Crippen molar-refractivity contribution in [3.63, 3.8) is 0 Å². The summed E-state index contributed by atoms with van der Waals surface area (Å²) in [5.41, 5.74) is 0.748. The van der Waals surface area contributed by atoms with Crippen molar-refractivity contribution in [1.29, 1.82) is 0 Å². The molecule has 0 unspecified atom stereocenters. The summed E-state index contributed by atoms with van der Waals surface area (Å²) in [6.07, 6.45) is 1.56. The molecule has 2 saturated heterocycles. The molecule has 25 heavy (non-hydrogen) atoms. The first kappa shape index (κ1) is 16.4. The Morgan fingerprint density at radius 1 is 1.32 bits per heavy atom. The molecule has 0 spiro atoms. The van der Waals surface area contributed by atoms with E-state index in [1.54, 1.807) is 12.3 Å². The predicted octanol–water partition coefficient (Wildman–Crippen LogP) is 3.48. The second kappa shape index (κ2) is 6.37. The number of anilines is 1. The zero-order valence-electron chi connectivity index (χ0n) is 13.3. The number of nitrogens with one attached hydrogen (secondary N) is 1. The van der Waals surface area contributed by atoms with Crippen molar-refractivity contribution >= 4 is 34.2 Å². The number of fused-ring (bicyclic) bond motifs is 3. The number of pyridine rings is 2. The highest BCUT2D eigenvalue weighted by atomic mass is 35.5. The van der Waals surface area contributed by atoms with Crippen LogP contribution < -0.4 is 5.32 Å². The third kappa shape index (κ3) is 3.01. The van der Waals surface area contributed by atoms with Crippen LogP contribution in [-0.4, -0.2) is 45.3 Å². The van der Waals surface area contributed by atoms with Crippen LogP contribution in [-0.2, 0) is 4.79 Å². The Morgan fingerprint density at radius 3 is 2.72 bits per heavy atom. The quantitative estimate of drug-likeness (QED) is 0.845. The predicted molar refractivity (Wildman–Crippen MR) is 90.9 cm³/mol. The van der Waals surface area contributed by atoms with Crippen molar-refractivity contribution in [2.24, 2.45) is 0 Å². The molecule has 0 aliphatic carbocycles. The summed E-state index contributed by atoms with van der Waals surface area (Å²) in [6.45, 7) is 0. The number of halogens is 3. The van der Waals surface area contributed by atoms with E-state index >= 15 is 0 Å². The van der Waals surface area contributed by atoms with Gasteiger partial charge in [-0.3, -0.25) is 9.78 Å². The van der Waals surface area contributed by atoms with E-state index in [1.807, 2.05) is 12.1 Å². The van der Waals surface area contributed by atoms with E-state index in [0.717, 1.165) is 23.7 Å². The molecule has 0 radical (unpaired) electrons. The first-order valence-electron chi connectivity index (χ1n) is 8.31. The number of rotatable bonds is 3. The van der Waals surface area contributed by atoms with Crippen LogP contribution in [0.15, 0.2) is 24.4 Å². The third-order valence-corrected chi connectivity index (χ3v) is 5.28. The van der Waals surface area contributed by atoms with E-state index in [1.165, 1.54) is 4.90 Å². The van der Waals surface area contributed by atoms with Crippen LogP contribution in [0.3, 0.4) is 0 Å². The summed E-state index contributed by atoms with van der Waals surface area (Å²) < 4.78 is 25.6. The van der Waals surface area contributed by atoms with Gasteiger partial charge in [0, 0.05) is 35.8 Å². The maximum atomic E-state index is 12.8. The molecule has 0 aromatic carbocycles. The van der Waals surface area contributed by atoms with Crippen molar-refractivity contribution in [2.45, 2.75) is 50.2 Å². The van der Waals surface area contributed by atoms with Crippen molar-refractivity contribution in [3.05, 3.63) is 29.5 Å². The van der Waals surface area contributed by atoms with Crippen LogP contribution in [0, 0.1) is 0 Å². The lowest BCUT2D eigenvalue weighted by Crippen LogP contribution is -2.51. The lowest BCUT2D eigenvalue weighted by atomic mass is 9.97. The van der Waals surface area contributed by atoms with E-state index in [-0.39, 0.29) is 18.1 Å². The molecule has 3 atom stereocenters. The fourth-order valence-electron chi connectivity index (χ4n) is 4.12. The summed E-state index contributed by atoms with van der Waals surface area (Å²) in [6, 6.07) is 5.24. The standard InChI is InChI=1S/C17H17ClF2N4O/c18-14-8-13-12(2-1-5-21-13)16(23-14)22-9-6-10-3-4-11(7-9)24(10)17(25)15(19)20/h1-2,5,8-11,15H,3-4,6-7H2,(H,22,23)/t9-,10-,11+. The highest BCUT2D eigenvalue weighted by molar-refractivity contribution is 6.30. The zero-order valence-corrected chi connectivity index (χ0v) is 14.1. The van der Waals surface area contributed by atoms with Crippen molar-refractivity contribution < 1.29 is 13.6 Å². The second-order valence-electron chi connectivity index (χ2n) is 6.61. The monoisotopic (exact) mass is 366 g/mol. The number of hydrogen-bond donors (Lipinski definition) is 1. The molecule has 2 aromatic rings. The topological polar surface area (TPSA) is 58.1 Å². The number of carbonyl (C=O) groups excluding carboxylic acids is 1. The number of aromatic nitrogens is 2. The molecule has 5 nitrogen and oxygen atoms in total. The number of hydrogen-bond acceptors (Lipinski definition) is 4. The minimum absolute atomic E-state index is 0.0635. The fraction of sp³-hybridized carbons (Fsp3) is 0.471. The Balaban J connectivity index is 1.56. The van der Waals surface area contributed by atoms with Crippen molar-refractivity contribution in [1.82, 2.24) is 14.9 Å². The average molecular weight is 367 g/mol. The van der Waals surface area contributed by atoms with Crippen LogP contribution in [0.5, 0.6) is 0 Å². The van der Waals surface area contributed by atoms with Crippen LogP contribution in [0.25, 0.3) is 10.9 Å². The number of amides is 1. The molecule has 2 aromatic heterocycles. The molecule has 132 valence electrons. The fourth-order valence-corrected chi connectivity index (χ4v) is 4.30. The van der Waals surface area contributed by atoms with Crippen molar-refractivity contribution in [2.75, 3.05) is 5.32 Å². The van der Waals surface area contributed by atoms with Gasteiger partial charge in [-0.15, -0.1) is 0 Å². The summed E-state index contributed by atoms with van der Waals surface area (Å²) in [7, 11) is 0. The van der Waals surface area contributed by atoms with Crippen LogP contribution >= 0.6 is 11.6 Å². The number of piperidine rings is 1. The van der Waals surface area contributed by atoms with E-state index < -0.39 is 12.3 Å². The van der Waals surface area contributed by atoms with E-state index in [2.05, 4.69) is 15.3 Å². The van der Waals surface area contributed by atoms with E-state index in [0.29, 0.717) is 23.8 Å². The largest absolute Gasteiger partial charge is 0.367 e. The molecule has 4 heterocycles. The van der Waals surface area contributed by atoms with Gasteiger partial charge in [0.15, 0.2) is 0 Å². The van der Waals surface area contributed by atoms with Crippen LogP contribution in [0.1, 0.15) is 25.7 Å². The Labute approximate surface area is 148 Å². The lowest BCUT2D eigenvalue weighted by Gasteiger charge is -2.39. The van der Waals surface area contributed by atoms with E-state index in [9.17, 15) is 13.6 Å². The molecule has 4 rings (SSSR count). The second-order valence-corrected chi connectivity index (χ2v) is 6.99. The first-order chi connectivity index (χ1) is 12.0. The normalized spacial score (nSPS) is 25.6. The van der Waals surface area contributed by atoms with Crippen LogP contribution in [0.4, 0.5) is 14.6 Å². The van der Waals surface area contributed by atoms with Gasteiger partial charge < -0.3 is 10.2 Å². The lowest BCUT2D eigenvalue weighted by molar-refractivity contribution is -0.147. The summed E-state index contributed by atoms with van der Waals surface area (Å²) in [4.78, 5) is 21.8. The van der Waals surface area contributed by atoms with Crippen molar-refractivity contribution in [3.8, 4) is 0 Å². The van der Waals surface area contributed by atoms with Crippen LogP contribution in [0.2, 0.25) is 5.15 Å². The highest BCUT2D eigenvalue weighted by Gasteiger charge is 2.45. The maximum Gasteiger partial charge on any atom is 0.315 e. The summed E-state index contributed by atoms with van der Waals surface area (Å²) in [5, 5.41) is 4.61. The minimum Gasteiger partial charge on any atom is -0.367 e. The van der Waals surface area contributed by atoms with Gasteiger partial charge in [0.2, 0.25) is 0 Å². The molecule has 2 fully saturated rings. The highest BCUT2D eigenvalue weighted by Crippen LogP contribution is 2.38. The molecule has 1 amide bonds. The SMILES string of the molecule is O=C(C(F)F)N1[C@@H]2CC[C@H]1C[C@H](Nc1nc(Cl)cc3ncccc13)C2. The summed E-state index contributed by atoms with van der Waals surface area (Å²) in [5.74, 6) is -0.393. The van der Waals surface area contributed by atoms with Gasteiger partial charge in [0.05, 0.1) is 5.52 Å². The van der Waals surface area contributed by atoms with Gasteiger partial charge in [-0.05, 0) is 37.8 Å². The Bertz CT molecular complexity index is 804. The van der Waals surface area contributed by atoms with E-state index in [4.69, 9.17) is 11.6 Å². The van der Waals surface area contributed by atoms with Gasteiger partial charge in [-0.25, -0.2) is 4.98 Å². The molecular formula is C17H17ClF2N4O. The number of nitrogens with zero attached hydrogens (tertiary/aromatic N) is 3. The van der Waals surface area contributed by atoms with Gasteiger partial charge >= 0.3 is 6.43 Å². The minimum atomic E-state index is -2.93. The molecule has 0 saturated carbocycles. The molecule has 8 heteroatoms. The van der Waals surface area contributed by atoms with Gasteiger partial charge in [0.25, 0.3) is 5.91 Å². The van der Waals surface area contributed by atoms with Gasteiger partial charge in [0.1, 0.15) is 11.0 Å². The number of carbonyl (C=O) groups is 1. The Hall–Kier alpha value is -2.02. The Morgan fingerprint density at radius 2 is 2.04 bits per heavy atom. The van der Waals surface area contributed by atoms with Gasteiger partial charge in [-0.1, -0.05) is 11.6 Å². The Kier molecular flexibility index (Phi) is 4.19. The first-order valence-corrected chi connectivity index (χ1v) is 8.69. The third-order valence-electron chi connectivity index (χ3n) is 5.08. The van der Waals surface area contributed by atoms with Gasteiger partial charge in [-0.2, -0.15) is 8.78 Å². The molecule has 2 aliphatic heterocycles. The molecule has 2 aliphatic rings. The maximum absolute atomic E-state index is 12.8.